The number of hydrogen-bond donors (Lipinski definition) is 0. The van der Waals surface area contributed by atoms with Crippen molar-refractivity contribution in [3.63, 3.8) is 0 Å². The van der Waals surface area contributed by atoms with E-state index in [9.17, 15) is 14.9 Å². The van der Waals surface area contributed by atoms with Gasteiger partial charge in [0.2, 0.25) is 5.91 Å². The third kappa shape index (κ3) is 3.94. The molecule has 1 saturated heterocycles. The molecule has 1 heterocycles. The third-order valence-corrected chi connectivity index (χ3v) is 3.13. The molecule has 1 aliphatic rings. The fourth-order valence-electron chi connectivity index (χ4n) is 2.08. The van der Waals surface area contributed by atoms with E-state index < -0.39 is 4.92 Å². The molecule has 20 heavy (non-hydrogen) atoms. The zero-order valence-electron chi connectivity index (χ0n) is 12.2. The molecular weight excluding hydrogens is 258 g/mol. The van der Waals surface area contributed by atoms with E-state index in [2.05, 4.69) is 4.90 Å². The summed E-state index contributed by atoms with van der Waals surface area (Å²) in [5, 5.41) is 10.7. The number of rotatable bonds is 2. The van der Waals surface area contributed by atoms with Crippen molar-refractivity contribution < 1.29 is 9.72 Å². The molecule has 0 aliphatic carbocycles. The molecule has 0 N–H and O–H groups in total. The molecule has 2 rings (SSSR count). The predicted octanol–water partition coefficient (Wildman–Crippen LogP) is 2.29. The van der Waals surface area contributed by atoms with Crippen LogP contribution in [0.15, 0.2) is 24.3 Å². The van der Waals surface area contributed by atoms with Crippen LogP contribution in [-0.4, -0.2) is 41.9 Å². The summed E-state index contributed by atoms with van der Waals surface area (Å²) < 4.78 is 0. The van der Waals surface area contributed by atoms with Gasteiger partial charge in [0.05, 0.1) is 4.92 Å². The van der Waals surface area contributed by atoms with Crippen LogP contribution in [0.3, 0.4) is 0 Å². The third-order valence-electron chi connectivity index (χ3n) is 3.13. The molecule has 6 heteroatoms. The Morgan fingerprint density at radius 1 is 1.20 bits per heavy atom. The van der Waals surface area contributed by atoms with Crippen LogP contribution in [-0.2, 0) is 4.79 Å². The highest BCUT2D eigenvalue weighted by molar-refractivity contribution is 5.73. The highest BCUT2D eigenvalue weighted by Crippen LogP contribution is 2.22. The first-order valence-electron chi connectivity index (χ1n) is 6.83. The van der Waals surface area contributed by atoms with Gasteiger partial charge in [-0.25, -0.2) is 0 Å². The maximum atomic E-state index is 11.2. The second kappa shape index (κ2) is 7.47. The highest BCUT2D eigenvalue weighted by atomic mass is 16.6. The number of amides is 1. The average molecular weight is 279 g/mol. The lowest BCUT2D eigenvalue weighted by Crippen LogP contribution is -2.48. The van der Waals surface area contributed by atoms with E-state index >= 15 is 0 Å². The number of carbonyl (C=O) groups excluding carboxylic acids is 1. The average Bonchev–Trinajstić information content (AvgIpc) is 2.49. The number of nitrogens with zero attached hydrogens (tertiary/aromatic N) is 3. The molecular formula is C14H21N3O3. The monoisotopic (exact) mass is 279 g/mol. The van der Waals surface area contributed by atoms with Crippen LogP contribution in [0.25, 0.3) is 0 Å². The van der Waals surface area contributed by atoms with Gasteiger partial charge in [-0.2, -0.15) is 0 Å². The van der Waals surface area contributed by atoms with E-state index in [0.717, 1.165) is 5.69 Å². The minimum Gasteiger partial charge on any atom is -0.368 e. The normalized spacial score (nSPS) is 14.3. The Kier molecular flexibility index (Phi) is 5.96. The van der Waals surface area contributed by atoms with Crippen molar-refractivity contribution in [2.24, 2.45) is 0 Å². The van der Waals surface area contributed by atoms with E-state index in [-0.39, 0.29) is 11.6 Å². The number of piperazine rings is 1. The van der Waals surface area contributed by atoms with Gasteiger partial charge in [0, 0.05) is 50.9 Å². The SMILES string of the molecule is CC.CC(=O)N1CCN(c2cccc([N+](=O)[O-])c2)CC1. The molecule has 0 atom stereocenters. The molecule has 1 amide bonds. The Bertz CT molecular complexity index is 468. The van der Waals surface area contributed by atoms with Crippen LogP contribution in [0.5, 0.6) is 0 Å². The fraction of sp³-hybridized carbons (Fsp3) is 0.500. The van der Waals surface area contributed by atoms with E-state index in [0.29, 0.717) is 26.2 Å². The molecule has 0 aromatic heterocycles. The van der Waals surface area contributed by atoms with E-state index in [4.69, 9.17) is 0 Å². The topological polar surface area (TPSA) is 66.7 Å². The first kappa shape index (κ1) is 15.9. The van der Waals surface area contributed by atoms with Crippen molar-refractivity contribution in [1.29, 1.82) is 0 Å². The number of anilines is 1. The van der Waals surface area contributed by atoms with Crippen molar-refractivity contribution in [2.45, 2.75) is 20.8 Å². The van der Waals surface area contributed by atoms with Crippen molar-refractivity contribution in [3.8, 4) is 0 Å². The van der Waals surface area contributed by atoms with Gasteiger partial charge >= 0.3 is 0 Å². The molecule has 1 fully saturated rings. The predicted molar refractivity (Wildman–Crippen MR) is 78.9 cm³/mol. The molecule has 0 unspecified atom stereocenters. The number of nitro groups is 1. The number of non-ortho nitro benzene ring substituents is 1. The maximum absolute atomic E-state index is 11.2. The largest absolute Gasteiger partial charge is 0.368 e. The Balaban J connectivity index is 0.000000956. The quantitative estimate of drug-likeness (QED) is 0.615. The molecule has 110 valence electrons. The minimum absolute atomic E-state index is 0.0775. The van der Waals surface area contributed by atoms with E-state index in [1.54, 1.807) is 24.0 Å². The molecule has 1 aromatic carbocycles. The second-order valence-corrected chi connectivity index (χ2v) is 4.27. The lowest BCUT2D eigenvalue weighted by atomic mass is 10.2. The van der Waals surface area contributed by atoms with Crippen molar-refractivity contribution in [1.82, 2.24) is 4.90 Å². The summed E-state index contributed by atoms with van der Waals surface area (Å²) in [5.74, 6) is 0.0775. The van der Waals surface area contributed by atoms with Gasteiger partial charge < -0.3 is 9.80 Å². The summed E-state index contributed by atoms with van der Waals surface area (Å²) in [4.78, 5) is 25.4. The Labute approximate surface area is 119 Å². The number of hydrogen-bond acceptors (Lipinski definition) is 4. The van der Waals surface area contributed by atoms with Crippen LogP contribution in [0.4, 0.5) is 11.4 Å². The van der Waals surface area contributed by atoms with Crippen LogP contribution >= 0.6 is 0 Å². The van der Waals surface area contributed by atoms with Gasteiger partial charge in [0.15, 0.2) is 0 Å². The maximum Gasteiger partial charge on any atom is 0.271 e. The minimum atomic E-state index is -0.394. The van der Waals surface area contributed by atoms with Gasteiger partial charge in [0.25, 0.3) is 5.69 Å². The zero-order chi connectivity index (χ0) is 15.1. The lowest BCUT2D eigenvalue weighted by Gasteiger charge is -2.35. The van der Waals surface area contributed by atoms with Crippen molar-refractivity contribution >= 4 is 17.3 Å². The van der Waals surface area contributed by atoms with Gasteiger partial charge in [-0.05, 0) is 6.07 Å². The summed E-state index contributed by atoms with van der Waals surface area (Å²) in [6.07, 6.45) is 0. The smallest absolute Gasteiger partial charge is 0.271 e. The van der Waals surface area contributed by atoms with Gasteiger partial charge in [-0.15, -0.1) is 0 Å². The summed E-state index contributed by atoms with van der Waals surface area (Å²) >= 11 is 0. The first-order chi connectivity index (χ1) is 9.58. The standard InChI is InChI=1S/C12H15N3O3.C2H6/c1-10(16)13-5-7-14(8-6-13)11-3-2-4-12(9-11)15(17)18;1-2/h2-4,9H,5-8H2,1H3;1-2H3. The molecule has 0 spiro atoms. The van der Waals surface area contributed by atoms with Crippen molar-refractivity contribution in [2.75, 3.05) is 31.1 Å². The number of nitro benzene ring substituents is 1. The Hall–Kier alpha value is -2.11. The molecule has 6 nitrogen and oxygen atoms in total. The van der Waals surface area contributed by atoms with Gasteiger partial charge in [-0.1, -0.05) is 19.9 Å². The van der Waals surface area contributed by atoms with E-state index in [1.165, 1.54) is 6.07 Å². The second-order valence-electron chi connectivity index (χ2n) is 4.27. The zero-order valence-corrected chi connectivity index (χ0v) is 12.2. The van der Waals surface area contributed by atoms with E-state index in [1.807, 2.05) is 19.9 Å². The molecule has 0 bridgehead atoms. The van der Waals surface area contributed by atoms with Gasteiger partial charge in [0.1, 0.15) is 0 Å². The molecule has 0 saturated carbocycles. The van der Waals surface area contributed by atoms with Crippen LogP contribution in [0, 0.1) is 10.1 Å². The molecule has 0 radical (unpaired) electrons. The van der Waals surface area contributed by atoms with Crippen molar-refractivity contribution in [3.05, 3.63) is 34.4 Å². The van der Waals surface area contributed by atoms with Crippen LogP contribution in [0.1, 0.15) is 20.8 Å². The van der Waals surface area contributed by atoms with Crippen LogP contribution in [0.2, 0.25) is 0 Å². The Morgan fingerprint density at radius 3 is 2.30 bits per heavy atom. The summed E-state index contributed by atoms with van der Waals surface area (Å²) in [6, 6.07) is 6.60. The summed E-state index contributed by atoms with van der Waals surface area (Å²) in [7, 11) is 0. The van der Waals surface area contributed by atoms with Gasteiger partial charge in [-0.3, -0.25) is 14.9 Å². The first-order valence-corrected chi connectivity index (χ1v) is 6.83. The lowest BCUT2D eigenvalue weighted by molar-refractivity contribution is -0.384. The fourth-order valence-corrected chi connectivity index (χ4v) is 2.08. The Morgan fingerprint density at radius 2 is 1.80 bits per heavy atom. The molecule has 1 aliphatic heterocycles. The number of benzene rings is 1. The molecule has 1 aromatic rings. The summed E-state index contributed by atoms with van der Waals surface area (Å²) in [6.45, 7) is 8.31. The number of carbonyl (C=O) groups is 1. The highest BCUT2D eigenvalue weighted by Gasteiger charge is 2.19. The van der Waals surface area contributed by atoms with Crippen LogP contribution < -0.4 is 4.90 Å². The summed E-state index contributed by atoms with van der Waals surface area (Å²) in [5.41, 5.74) is 0.939.